The van der Waals surface area contributed by atoms with Crippen LogP contribution in [0.15, 0.2) is 18.2 Å². The zero-order valence-corrected chi connectivity index (χ0v) is 14.7. The summed E-state index contributed by atoms with van der Waals surface area (Å²) in [5.74, 6) is -0.119. The molecule has 0 unspecified atom stereocenters. The van der Waals surface area contributed by atoms with Gasteiger partial charge in [0.25, 0.3) is 0 Å². The molecule has 1 aromatic carbocycles. The zero-order valence-electron chi connectivity index (χ0n) is 14.7. The maximum atomic E-state index is 13.6. The van der Waals surface area contributed by atoms with E-state index >= 15 is 0 Å². The molecule has 1 amide bonds. The van der Waals surface area contributed by atoms with Crippen molar-refractivity contribution in [2.24, 2.45) is 0 Å². The molecule has 0 atom stereocenters. The van der Waals surface area contributed by atoms with Crippen LogP contribution in [0.3, 0.4) is 0 Å². The van der Waals surface area contributed by atoms with E-state index in [4.69, 9.17) is 4.74 Å². The SMILES string of the molecule is COc1ccc(CCC(=O)NCCCN2CCCCCC2)cc1F. The molecule has 0 bridgehead atoms. The first kappa shape index (κ1) is 18.7. The highest BCUT2D eigenvalue weighted by Gasteiger charge is 2.09. The van der Waals surface area contributed by atoms with Crippen LogP contribution < -0.4 is 10.1 Å². The molecule has 0 aromatic heterocycles. The van der Waals surface area contributed by atoms with Crippen LogP contribution in [-0.4, -0.2) is 44.1 Å². The maximum absolute atomic E-state index is 13.6. The molecule has 0 aliphatic carbocycles. The Morgan fingerprint density at radius 3 is 2.67 bits per heavy atom. The summed E-state index contributed by atoms with van der Waals surface area (Å²) < 4.78 is 18.5. The van der Waals surface area contributed by atoms with Gasteiger partial charge in [-0.15, -0.1) is 0 Å². The van der Waals surface area contributed by atoms with Gasteiger partial charge in [0.05, 0.1) is 7.11 Å². The Hall–Kier alpha value is -1.62. The van der Waals surface area contributed by atoms with Gasteiger partial charge in [0, 0.05) is 13.0 Å². The number of nitrogens with zero attached hydrogens (tertiary/aromatic N) is 1. The van der Waals surface area contributed by atoms with E-state index in [1.54, 1.807) is 12.1 Å². The smallest absolute Gasteiger partial charge is 0.220 e. The highest BCUT2D eigenvalue weighted by Crippen LogP contribution is 2.18. The number of methoxy groups -OCH3 is 1. The van der Waals surface area contributed by atoms with Crippen molar-refractivity contribution in [2.45, 2.75) is 44.9 Å². The predicted octanol–water partition coefficient (Wildman–Crippen LogP) is 3.15. The van der Waals surface area contributed by atoms with Crippen LogP contribution in [0, 0.1) is 5.82 Å². The molecule has 1 aliphatic rings. The minimum atomic E-state index is -0.382. The third-order valence-corrected chi connectivity index (χ3v) is 4.53. The molecule has 0 saturated carbocycles. The van der Waals surface area contributed by atoms with Crippen LogP contribution in [0.2, 0.25) is 0 Å². The van der Waals surface area contributed by atoms with Gasteiger partial charge in [0.2, 0.25) is 5.91 Å². The molecule has 1 aliphatic heterocycles. The van der Waals surface area contributed by atoms with Gasteiger partial charge in [-0.3, -0.25) is 4.79 Å². The Balaban J connectivity index is 1.60. The monoisotopic (exact) mass is 336 g/mol. The number of carbonyl (C=O) groups is 1. The summed E-state index contributed by atoms with van der Waals surface area (Å²) in [6.45, 7) is 4.16. The van der Waals surface area contributed by atoms with E-state index in [0.717, 1.165) is 18.5 Å². The largest absolute Gasteiger partial charge is 0.494 e. The van der Waals surface area contributed by atoms with Crippen LogP contribution in [-0.2, 0) is 11.2 Å². The van der Waals surface area contributed by atoms with Gasteiger partial charge in [-0.05, 0) is 63.0 Å². The first-order valence-corrected chi connectivity index (χ1v) is 9.00. The molecule has 0 spiro atoms. The van der Waals surface area contributed by atoms with Crippen molar-refractivity contribution in [2.75, 3.05) is 33.3 Å². The van der Waals surface area contributed by atoms with Crippen molar-refractivity contribution >= 4 is 5.91 Å². The fraction of sp³-hybridized carbons (Fsp3) is 0.632. The quantitative estimate of drug-likeness (QED) is 0.742. The Morgan fingerprint density at radius 1 is 1.25 bits per heavy atom. The predicted molar refractivity (Wildman–Crippen MR) is 93.8 cm³/mol. The van der Waals surface area contributed by atoms with Crippen LogP contribution in [0.4, 0.5) is 4.39 Å². The average Bonchev–Trinajstić information content (AvgIpc) is 2.86. The summed E-state index contributed by atoms with van der Waals surface area (Å²) in [4.78, 5) is 14.4. The molecule has 5 heteroatoms. The van der Waals surface area contributed by atoms with Gasteiger partial charge >= 0.3 is 0 Å². The summed E-state index contributed by atoms with van der Waals surface area (Å²) >= 11 is 0. The molecule has 1 fully saturated rings. The second kappa shape index (κ2) is 10.3. The first-order valence-electron chi connectivity index (χ1n) is 9.00. The van der Waals surface area contributed by atoms with E-state index in [1.165, 1.54) is 51.9 Å². The summed E-state index contributed by atoms with van der Waals surface area (Å²) in [6, 6.07) is 4.84. The van der Waals surface area contributed by atoms with Crippen molar-refractivity contribution in [3.8, 4) is 5.75 Å². The van der Waals surface area contributed by atoms with E-state index in [0.29, 0.717) is 19.4 Å². The number of rotatable bonds is 8. The lowest BCUT2D eigenvalue weighted by Crippen LogP contribution is -2.30. The van der Waals surface area contributed by atoms with Crippen molar-refractivity contribution in [3.05, 3.63) is 29.6 Å². The number of amides is 1. The van der Waals surface area contributed by atoms with Gasteiger partial charge in [0.15, 0.2) is 11.6 Å². The first-order chi connectivity index (χ1) is 11.7. The molecule has 2 rings (SSSR count). The minimum absolute atomic E-state index is 0.0297. The summed E-state index contributed by atoms with van der Waals surface area (Å²) in [6.07, 6.45) is 7.20. The number of benzene rings is 1. The number of ether oxygens (including phenoxy) is 1. The summed E-state index contributed by atoms with van der Waals surface area (Å²) in [5, 5.41) is 2.96. The lowest BCUT2D eigenvalue weighted by molar-refractivity contribution is -0.121. The number of hydrogen-bond donors (Lipinski definition) is 1. The third kappa shape index (κ3) is 6.48. The third-order valence-electron chi connectivity index (χ3n) is 4.53. The topological polar surface area (TPSA) is 41.6 Å². The Labute approximate surface area is 144 Å². The van der Waals surface area contributed by atoms with Gasteiger partial charge in [0.1, 0.15) is 0 Å². The molecule has 24 heavy (non-hydrogen) atoms. The minimum Gasteiger partial charge on any atom is -0.494 e. The number of nitrogens with one attached hydrogen (secondary N) is 1. The molecule has 1 saturated heterocycles. The molecule has 1 aromatic rings. The van der Waals surface area contributed by atoms with Crippen LogP contribution in [0.5, 0.6) is 5.75 Å². The number of aryl methyl sites for hydroxylation is 1. The number of hydrogen-bond acceptors (Lipinski definition) is 3. The fourth-order valence-electron chi connectivity index (χ4n) is 3.10. The van der Waals surface area contributed by atoms with Crippen molar-refractivity contribution in [3.63, 3.8) is 0 Å². The van der Waals surface area contributed by atoms with Crippen molar-refractivity contribution in [1.82, 2.24) is 10.2 Å². The Morgan fingerprint density at radius 2 is 2.00 bits per heavy atom. The van der Waals surface area contributed by atoms with Crippen molar-refractivity contribution < 1.29 is 13.9 Å². The molecule has 1 N–H and O–H groups in total. The summed E-state index contributed by atoms with van der Waals surface area (Å²) in [5.41, 5.74) is 0.813. The van der Waals surface area contributed by atoms with E-state index in [2.05, 4.69) is 10.2 Å². The number of carbonyl (C=O) groups excluding carboxylic acids is 1. The van der Waals surface area contributed by atoms with Gasteiger partial charge < -0.3 is 15.0 Å². The lowest BCUT2D eigenvalue weighted by atomic mass is 10.1. The second-order valence-corrected chi connectivity index (χ2v) is 6.43. The standard InChI is InChI=1S/C19H29FN2O2/c1-24-18-9-7-16(15-17(18)20)8-10-19(23)21-11-6-14-22-12-4-2-3-5-13-22/h7,9,15H,2-6,8,10-14H2,1H3,(H,21,23). The average molecular weight is 336 g/mol. The van der Waals surface area contributed by atoms with Crippen molar-refractivity contribution in [1.29, 1.82) is 0 Å². The van der Waals surface area contributed by atoms with E-state index in [-0.39, 0.29) is 17.5 Å². The maximum Gasteiger partial charge on any atom is 0.220 e. The number of halogens is 1. The second-order valence-electron chi connectivity index (χ2n) is 6.43. The lowest BCUT2D eigenvalue weighted by Gasteiger charge is -2.19. The molecule has 0 radical (unpaired) electrons. The molecule has 134 valence electrons. The van der Waals surface area contributed by atoms with Crippen LogP contribution in [0.1, 0.15) is 44.1 Å². The summed E-state index contributed by atoms with van der Waals surface area (Å²) in [7, 11) is 1.44. The Bertz CT molecular complexity index is 514. The van der Waals surface area contributed by atoms with Gasteiger partial charge in [-0.25, -0.2) is 4.39 Å². The highest BCUT2D eigenvalue weighted by atomic mass is 19.1. The zero-order chi connectivity index (χ0) is 17.2. The van der Waals surface area contributed by atoms with Gasteiger partial charge in [-0.1, -0.05) is 18.9 Å². The number of likely N-dealkylation sites (tertiary alicyclic amines) is 1. The Kier molecular flexibility index (Phi) is 8.02. The van der Waals surface area contributed by atoms with Gasteiger partial charge in [-0.2, -0.15) is 0 Å². The fourth-order valence-corrected chi connectivity index (χ4v) is 3.10. The molecular weight excluding hydrogens is 307 g/mol. The van der Waals surface area contributed by atoms with E-state index < -0.39 is 0 Å². The normalized spacial score (nSPS) is 15.8. The molecular formula is C19H29FN2O2. The van der Waals surface area contributed by atoms with Crippen LogP contribution >= 0.6 is 0 Å². The van der Waals surface area contributed by atoms with Crippen LogP contribution in [0.25, 0.3) is 0 Å². The highest BCUT2D eigenvalue weighted by molar-refractivity contribution is 5.76. The molecule has 4 nitrogen and oxygen atoms in total. The van der Waals surface area contributed by atoms with E-state index in [9.17, 15) is 9.18 Å². The molecule has 1 heterocycles. The van der Waals surface area contributed by atoms with E-state index in [1.807, 2.05) is 0 Å².